The standard InChI is InChI=1S/C11H18N2O2/c12-5-1-3-9-8-15-11(13-9)7-10-4-2-6-14-10/h8,10H,1-7,12H2. The molecule has 0 radical (unpaired) electrons. The van der Waals surface area contributed by atoms with E-state index in [-0.39, 0.29) is 0 Å². The molecule has 0 amide bonds. The van der Waals surface area contributed by atoms with Gasteiger partial charge >= 0.3 is 0 Å². The fourth-order valence-electron chi connectivity index (χ4n) is 1.84. The summed E-state index contributed by atoms with van der Waals surface area (Å²) < 4.78 is 10.9. The van der Waals surface area contributed by atoms with E-state index in [9.17, 15) is 0 Å². The van der Waals surface area contributed by atoms with Crippen LogP contribution in [0.5, 0.6) is 0 Å². The van der Waals surface area contributed by atoms with Crippen molar-refractivity contribution in [1.29, 1.82) is 0 Å². The van der Waals surface area contributed by atoms with Crippen LogP contribution in [0.2, 0.25) is 0 Å². The number of ether oxygens (including phenoxy) is 1. The van der Waals surface area contributed by atoms with Crippen LogP contribution >= 0.6 is 0 Å². The Kier molecular flexibility index (Phi) is 3.75. The van der Waals surface area contributed by atoms with Gasteiger partial charge in [0.25, 0.3) is 0 Å². The zero-order valence-corrected chi connectivity index (χ0v) is 8.95. The first kappa shape index (κ1) is 10.6. The van der Waals surface area contributed by atoms with Gasteiger partial charge in [-0.1, -0.05) is 0 Å². The molecule has 1 aromatic heterocycles. The van der Waals surface area contributed by atoms with Gasteiger partial charge in [-0.15, -0.1) is 0 Å². The fraction of sp³-hybridized carbons (Fsp3) is 0.727. The van der Waals surface area contributed by atoms with E-state index in [0.717, 1.165) is 50.3 Å². The Morgan fingerprint density at radius 1 is 1.53 bits per heavy atom. The van der Waals surface area contributed by atoms with Gasteiger partial charge in [0.2, 0.25) is 0 Å². The van der Waals surface area contributed by atoms with Gasteiger partial charge in [0, 0.05) is 6.61 Å². The molecular weight excluding hydrogens is 192 g/mol. The molecule has 2 N–H and O–H groups in total. The zero-order valence-electron chi connectivity index (χ0n) is 8.95. The summed E-state index contributed by atoms with van der Waals surface area (Å²) >= 11 is 0. The van der Waals surface area contributed by atoms with Gasteiger partial charge < -0.3 is 14.9 Å². The lowest BCUT2D eigenvalue weighted by Gasteiger charge is -2.04. The molecule has 4 heteroatoms. The molecule has 0 spiro atoms. The lowest BCUT2D eigenvalue weighted by molar-refractivity contribution is 0.106. The Morgan fingerprint density at radius 3 is 3.20 bits per heavy atom. The maximum atomic E-state index is 5.53. The van der Waals surface area contributed by atoms with E-state index in [0.29, 0.717) is 12.6 Å². The summed E-state index contributed by atoms with van der Waals surface area (Å²) in [6.07, 6.45) is 7.01. The van der Waals surface area contributed by atoms with E-state index >= 15 is 0 Å². The Balaban J connectivity index is 1.83. The average molecular weight is 210 g/mol. The zero-order chi connectivity index (χ0) is 10.5. The molecule has 0 saturated carbocycles. The van der Waals surface area contributed by atoms with Gasteiger partial charge in [0.05, 0.1) is 18.2 Å². The normalized spacial score (nSPS) is 21.0. The molecule has 1 atom stereocenters. The highest BCUT2D eigenvalue weighted by atomic mass is 16.5. The van der Waals surface area contributed by atoms with Crippen LogP contribution in [-0.4, -0.2) is 24.2 Å². The van der Waals surface area contributed by atoms with Crippen molar-refractivity contribution in [3.8, 4) is 0 Å². The topological polar surface area (TPSA) is 61.3 Å². The van der Waals surface area contributed by atoms with E-state index in [1.807, 2.05) is 0 Å². The van der Waals surface area contributed by atoms with Gasteiger partial charge in [-0.25, -0.2) is 4.98 Å². The molecule has 1 aliphatic heterocycles. The average Bonchev–Trinajstić information content (AvgIpc) is 2.87. The highest BCUT2D eigenvalue weighted by molar-refractivity contribution is 4.98. The van der Waals surface area contributed by atoms with Crippen molar-refractivity contribution in [2.24, 2.45) is 5.73 Å². The summed E-state index contributed by atoms with van der Waals surface area (Å²) in [7, 11) is 0. The van der Waals surface area contributed by atoms with E-state index in [1.54, 1.807) is 6.26 Å². The summed E-state index contributed by atoms with van der Waals surface area (Å²) in [6, 6.07) is 0. The van der Waals surface area contributed by atoms with Crippen LogP contribution in [0, 0.1) is 0 Å². The summed E-state index contributed by atoms with van der Waals surface area (Å²) in [5.41, 5.74) is 6.44. The molecule has 1 saturated heterocycles. The summed E-state index contributed by atoms with van der Waals surface area (Å²) in [5, 5.41) is 0. The predicted molar refractivity (Wildman–Crippen MR) is 56.6 cm³/mol. The van der Waals surface area contributed by atoms with Crippen LogP contribution < -0.4 is 5.73 Å². The van der Waals surface area contributed by atoms with Crippen LogP contribution in [0.4, 0.5) is 0 Å². The minimum Gasteiger partial charge on any atom is -0.449 e. The number of hydrogen-bond acceptors (Lipinski definition) is 4. The van der Waals surface area contributed by atoms with Crippen molar-refractivity contribution < 1.29 is 9.15 Å². The van der Waals surface area contributed by atoms with Crippen molar-refractivity contribution >= 4 is 0 Å². The van der Waals surface area contributed by atoms with Crippen molar-refractivity contribution in [1.82, 2.24) is 4.98 Å². The first-order valence-electron chi connectivity index (χ1n) is 5.63. The highest BCUT2D eigenvalue weighted by Gasteiger charge is 2.18. The molecular formula is C11H18N2O2. The van der Waals surface area contributed by atoms with Crippen LogP contribution in [0.3, 0.4) is 0 Å². The van der Waals surface area contributed by atoms with Crippen LogP contribution in [0.25, 0.3) is 0 Å². The molecule has 15 heavy (non-hydrogen) atoms. The highest BCUT2D eigenvalue weighted by Crippen LogP contribution is 2.17. The minimum absolute atomic E-state index is 0.311. The van der Waals surface area contributed by atoms with Crippen LogP contribution in [0.15, 0.2) is 10.7 Å². The summed E-state index contributed by atoms with van der Waals surface area (Å²) in [4.78, 5) is 4.41. The van der Waals surface area contributed by atoms with Gasteiger partial charge in [0.15, 0.2) is 5.89 Å². The number of nitrogens with zero attached hydrogens (tertiary/aromatic N) is 1. The molecule has 1 unspecified atom stereocenters. The molecule has 84 valence electrons. The third-order valence-corrected chi connectivity index (χ3v) is 2.66. The van der Waals surface area contributed by atoms with E-state index in [1.165, 1.54) is 0 Å². The number of aryl methyl sites for hydroxylation is 1. The van der Waals surface area contributed by atoms with Crippen molar-refractivity contribution in [3.05, 3.63) is 17.8 Å². The van der Waals surface area contributed by atoms with E-state index in [4.69, 9.17) is 14.9 Å². The molecule has 1 fully saturated rings. The second-order valence-electron chi connectivity index (χ2n) is 3.96. The molecule has 2 rings (SSSR count). The van der Waals surface area contributed by atoms with Crippen molar-refractivity contribution in [2.45, 2.75) is 38.2 Å². The van der Waals surface area contributed by atoms with Crippen molar-refractivity contribution in [2.75, 3.05) is 13.2 Å². The summed E-state index contributed by atoms with van der Waals surface area (Å²) in [6.45, 7) is 1.58. The number of aromatic nitrogens is 1. The van der Waals surface area contributed by atoms with Crippen molar-refractivity contribution in [3.63, 3.8) is 0 Å². The first-order chi connectivity index (χ1) is 7.38. The fourth-order valence-corrected chi connectivity index (χ4v) is 1.84. The van der Waals surface area contributed by atoms with Gasteiger partial charge in [-0.3, -0.25) is 0 Å². The summed E-state index contributed by atoms with van der Waals surface area (Å²) in [5.74, 6) is 0.800. The Hall–Kier alpha value is -0.870. The second kappa shape index (κ2) is 5.28. The first-order valence-corrected chi connectivity index (χ1v) is 5.63. The largest absolute Gasteiger partial charge is 0.449 e. The third kappa shape index (κ3) is 3.04. The van der Waals surface area contributed by atoms with E-state index in [2.05, 4.69) is 4.98 Å². The lowest BCUT2D eigenvalue weighted by atomic mass is 10.2. The molecule has 1 aromatic rings. The molecule has 2 heterocycles. The number of rotatable bonds is 5. The molecule has 1 aliphatic rings. The van der Waals surface area contributed by atoms with Gasteiger partial charge in [-0.05, 0) is 32.2 Å². The van der Waals surface area contributed by atoms with Crippen LogP contribution in [0.1, 0.15) is 30.8 Å². The lowest BCUT2D eigenvalue weighted by Crippen LogP contribution is -2.09. The van der Waals surface area contributed by atoms with Crippen LogP contribution in [-0.2, 0) is 17.6 Å². The Labute approximate surface area is 89.8 Å². The third-order valence-electron chi connectivity index (χ3n) is 2.66. The number of oxazole rings is 1. The molecule has 0 aromatic carbocycles. The smallest absolute Gasteiger partial charge is 0.196 e. The molecule has 0 aliphatic carbocycles. The van der Waals surface area contributed by atoms with Gasteiger partial charge in [0.1, 0.15) is 6.26 Å². The quantitative estimate of drug-likeness (QED) is 0.795. The monoisotopic (exact) mass is 210 g/mol. The minimum atomic E-state index is 0.311. The van der Waals surface area contributed by atoms with E-state index < -0.39 is 0 Å². The number of nitrogens with two attached hydrogens (primary N) is 1. The molecule has 4 nitrogen and oxygen atoms in total. The maximum absolute atomic E-state index is 5.53. The Morgan fingerprint density at radius 2 is 2.47 bits per heavy atom. The number of hydrogen-bond donors (Lipinski definition) is 1. The predicted octanol–water partition coefficient (Wildman–Crippen LogP) is 1.29. The van der Waals surface area contributed by atoms with Gasteiger partial charge in [-0.2, -0.15) is 0 Å². The maximum Gasteiger partial charge on any atom is 0.196 e. The second-order valence-corrected chi connectivity index (χ2v) is 3.96. The Bertz CT molecular complexity index is 293. The molecule has 0 bridgehead atoms. The SMILES string of the molecule is NCCCc1coc(CC2CCCO2)n1.